The number of rotatable bonds is 4. The standard InChI is InChI=1S/C8H9BF4NO3S/c1-5-6(4-9(10,11)12)2-7(14)3-8(5)17-18(13,15)16/h2-3H,4,14H2,1H3/q-1. The smallest absolute Gasteiger partial charge is 0.449 e. The van der Waals surface area contributed by atoms with Gasteiger partial charge in [0, 0.05) is 11.8 Å². The molecule has 10 heteroatoms. The van der Waals surface area contributed by atoms with Gasteiger partial charge in [-0.05, 0) is 18.6 Å². The van der Waals surface area contributed by atoms with Crippen molar-refractivity contribution in [2.45, 2.75) is 13.2 Å². The summed E-state index contributed by atoms with van der Waals surface area (Å²) in [5.74, 6) is -0.549. The van der Waals surface area contributed by atoms with Crippen LogP contribution < -0.4 is 9.92 Å². The molecule has 4 nitrogen and oxygen atoms in total. The number of halogens is 4. The van der Waals surface area contributed by atoms with Crippen LogP contribution in [0, 0.1) is 6.92 Å². The van der Waals surface area contributed by atoms with Crippen molar-refractivity contribution in [3.8, 4) is 5.75 Å². The van der Waals surface area contributed by atoms with E-state index in [9.17, 15) is 25.3 Å². The highest BCUT2D eigenvalue weighted by atomic mass is 32.3. The van der Waals surface area contributed by atoms with Gasteiger partial charge in [-0.25, -0.2) is 0 Å². The van der Waals surface area contributed by atoms with E-state index in [-0.39, 0.29) is 16.8 Å². The summed E-state index contributed by atoms with van der Waals surface area (Å²) >= 11 is 0. The number of benzene rings is 1. The van der Waals surface area contributed by atoms with Gasteiger partial charge in [-0.3, -0.25) is 0 Å². The Balaban J connectivity index is 3.22. The Morgan fingerprint density at radius 1 is 1.33 bits per heavy atom. The maximum absolute atomic E-state index is 12.3. The summed E-state index contributed by atoms with van der Waals surface area (Å²) in [6, 6.07) is 1.99. The summed E-state index contributed by atoms with van der Waals surface area (Å²) in [4.78, 5) is 0. The molecule has 0 aliphatic rings. The van der Waals surface area contributed by atoms with E-state index in [0.29, 0.717) is 0 Å². The van der Waals surface area contributed by atoms with E-state index in [2.05, 4.69) is 4.18 Å². The number of anilines is 1. The van der Waals surface area contributed by atoms with Crippen molar-refractivity contribution < 1.29 is 29.4 Å². The third-order valence-corrected chi connectivity index (χ3v) is 2.51. The zero-order valence-corrected chi connectivity index (χ0v) is 9.98. The van der Waals surface area contributed by atoms with Crippen molar-refractivity contribution in [3.05, 3.63) is 23.3 Å². The predicted molar refractivity (Wildman–Crippen MR) is 59.0 cm³/mol. The zero-order chi connectivity index (χ0) is 14.1. The minimum absolute atomic E-state index is 0.121. The summed E-state index contributed by atoms with van der Waals surface area (Å²) in [6.45, 7) is -3.93. The summed E-state index contributed by atoms with van der Waals surface area (Å²) in [6.07, 6.45) is -1.25. The SMILES string of the molecule is Cc1c(C[B-](F)(F)F)cc(N)cc1OS(=O)(=O)F. The van der Waals surface area contributed by atoms with Crippen LogP contribution in [0.25, 0.3) is 0 Å². The topological polar surface area (TPSA) is 69.4 Å². The molecule has 0 radical (unpaired) electrons. The van der Waals surface area contributed by atoms with Crippen LogP contribution in [0.1, 0.15) is 11.1 Å². The molecule has 0 atom stereocenters. The van der Waals surface area contributed by atoms with E-state index >= 15 is 0 Å². The first-order valence-electron chi connectivity index (χ1n) is 4.72. The average molecular weight is 286 g/mol. The Morgan fingerprint density at radius 2 is 1.89 bits per heavy atom. The van der Waals surface area contributed by atoms with Crippen molar-refractivity contribution in [1.29, 1.82) is 0 Å². The fourth-order valence-electron chi connectivity index (χ4n) is 1.42. The van der Waals surface area contributed by atoms with Gasteiger partial charge in [0.25, 0.3) is 0 Å². The summed E-state index contributed by atoms with van der Waals surface area (Å²) < 4.78 is 73.8. The summed E-state index contributed by atoms with van der Waals surface area (Å²) in [5.41, 5.74) is 4.79. The lowest BCUT2D eigenvalue weighted by molar-refractivity contribution is 0.438. The zero-order valence-electron chi connectivity index (χ0n) is 9.16. The number of nitrogens with two attached hydrogens (primary N) is 1. The molecule has 18 heavy (non-hydrogen) atoms. The molecule has 0 aromatic heterocycles. The number of hydrogen-bond donors (Lipinski definition) is 1. The van der Waals surface area contributed by atoms with Crippen LogP contribution in [0.5, 0.6) is 5.75 Å². The second-order valence-corrected chi connectivity index (χ2v) is 4.65. The molecule has 0 spiro atoms. The maximum Gasteiger partial charge on any atom is 0.488 e. The van der Waals surface area contributed by atoms with E-state index in [1.165, 1.54) is 6.92 Å². The molecular formula is C8H9BF4NO3S-. The fourth-order valence-corrected chi connectivity index (χ4v) is 1.81. The van der Waals surface area contributed by atoms with Crippen molar-refractivity contribution in [3.63, 3.8) is 0 Å². The molecule has 0 saturated carbocycles. The normalized spacial score (nSPS) is 12.5. The number of nitrogen functional groups attached to an aromatic ring is 1. The summed E-state index contributed by atoms with van der Waals surface area (Å²) in [5, 5.41) is 0. The Morgan fingerprint density at radius 3 is 2.33 bits per heavy atom. The van der Waals surface area contributed by atoms with Gasteiger partial charge in [-0.2, -0.15) is 8.42 Å². The van der Waals surface area contributed by atoms with Crippen LogP contribution in [0.2, 0.25) is 0 Å². The molecule has 0 aliphatic carbocycles. The van der Waals surface area contributed by atoms with Gasteiger partial charge in [0.05, 0.1) is 0 Å². The van der Waals surface area contributed by atoms with Gasteiger partial charge >= 0.3 is 17.5 Å². The van der Waals surface area contributed by atoms with Crippen molar-refractivity contribution in [2.75, 3.05) is 5.73 Å². The molecule has 0 aliphatic heterocycles. The lowest BCUT2D eigenvalue weighted by Gasteiger charge is -2.17. The first kappa shape index (κ1) is 14.6. The van der Waals surface area contributed by atoms with Crippen LogP contribution in [0.15, 0.2) is 12.1 Å². The van der Waals surface area contributed by atoms with Crippen LogP contribution in [0.4, 0.5) is 22.5 Å². The molecule has 1 aromatic carbocycles. The van der Waals surface area contributed by atoms with E-state index in [4.69, 9.17) is 5.73 Å². The highest BCUT2D eigenvalue weighted by Gasteiger charge is 2.25. The molecule has 0 bridgehead atoms. The van der Waals surface area contributed by atoms with E-state index in [0.717, 1.165) is 12.1 Å². The predicted octanol–water partition coefficient (Wildman–Crippen LogP) is 2.10. The van der Waals surface area contributed by atoms with Gasteiger partial charge in [0.1, 0.15) is 5.75 Å². The van der Waals surface area contributed by atoms with Crippen molar-refractivity contribution in [2.24, 2.45) is 0 Å². The molecule has 0 heterocycles. The molecule has 2 N–H and O–H groups in total. The second kappa shape index (κ2) is 4.67. The third kappa shape index (κ3) is 4.44. The quantitative estimate of drug-likeness (QED) is 0.398. The third-order valence-electron chi connectivity index (χ3n) is 2.13. The van der Waals surface area contributed by atoms with E-state index in [1.807, 2.05) is 0 Å². The Hall–Kier alpha value is -1.45. The van der Waals surface area contributed by atoms with E-state index in [1.54, 1.807) is 0 Å². The average Bonchev–Trinajstić information content (AvgIpc) is 2.07. The van der Waals surface area contributed by atoms with Crippen molar-refractivity contribution in [1.82, 2.24) is 0 Å². The first-order valence-corrected chi connectivity index (χ1v) is 6.03. The highest BCUT2D eigenvalue weighted by Crippen LogP contribution is 2.29. The summed E-state index contributed by atoms with van der Waals surface area (Å²) in [7, 11) is -5.31. The lowest BCUT2D eigenvalue weighted by atomic mass is 9.80. The monoisotopic (exact) mass is 286 g/mol. The molecule has 0 saturated heterocycles. The lowest BCUT2D eigenvalue weighted by Crippen LogP contribution is -2.20. The molecule has 0 unspecified atom stereocenters. The molecule has 102 valence electrons. The first-order chi connectivity index (χ1) is 7.98. The number of hydrogen-bond acceptors (Lipinski definition) is 4. The van der Waals surface area contributed by atoms with E-state index < -0.39 is 29.6 Å². The molecule has 0 amide bonds. The van der Waals surface area contributed by atoms with Crippen LogP contribution in [0.3, 0.4) is 0 Å². The van der Waals surface area contributed by atoms with Crippen molar-refractivity contribution >= 4 is 23.2 Å². The minimum atomic E-state index is -5.31. The Labute approximate surface area is 101 Å². The van der Waals surface area contributed by atoms with Crippen LogP contribution in [-0.4, -0.2) is 15.4 Å². The second-order valence-electron chi connectivity index (χ2n) is 3.69. The van der Waals surface area contributed by atoms with Gasteiger partial charge < -0.3 is 22.9 Å². The highest BCUT2D eigenvalue weighted by molar-refractivity contribution is 7.81. The van der Waals surface area contributed by atoms with Gasteiger partial charge in [0.2, 0.25) is 0 Å². The van der Waals surface area contributed by atoms with Gasteiger partial charge in [-0.15, -0.1) is 0 Å². The Bertz CT molecular complexity index is 558. The maximum atomic E-state index is 12.3. The Kier molecular flexibility index (Phi) is 3.79. The fraction of sp³-hybridized carbons (Fsp3) is 0.250. The largest absolute Gasteiger partial charge is 0.488 e. The van der Waals surface area contributed by atoms with Crippen LogP contribution in [-0.2, 0) is 16.8 Å². The molecule has 0 fully saturated rings. The minimum Gasteiger partial charge on any atom is -0.449 e. The molecule has 1 aromatic rings. The van der Waals surface area contributed by atoms with Gasteiger partial charge in [0.15, 0.2) is 0 Å². The molecule has 1 rings (SSSR count). The van der Waals surface area contributed by atoms with Gasteiger partial charge in [-0.1, -0.05) is 15.8 Å². The van der Waals surface area contributed by atoms with Crippen LogP contribution >= 0.6 is 0 Å². The molecular weight excluding hydrogens is 277 g/mol.